The molecule has 1 heterocycles. The Kier molecular flexibility index (Phi) is 2.30. The molecule has 1 aromatic carbocycles. The first-order valence-electron chi connectivity index (χ1n) is 4.30. The number of hydrogen-bond acceptors (Lipinski definition) is 2. The molecular weight excluding hydrogens is 185 g/mol. The van der Waals surface area contributed by atoms with E-state index in [0.29, 0.717) is 0 Å². The van der Waals surface area contributed by atoms with E-state index >= 15 is 0 Å². The topological polar surface area (TPSA) is 26.0 Å². The number of nitrogens with two attached hydrogens (primary N) is 1. The fourth-order valence-corrected chi connectivity index (χ4v) is 2.85. The second-order valence-corrected chi connectivity index (χ2v) is 4.44. The van der Waals surface area contributed by atoms with E-state index in [-0.39, 0.29) is 11.9 Å². The highest BCUT2D eigenvalue weighted by molar-refractivity contribution is 7.98. The molecule has 0 aromatic heterocycles. The van der Waals surface area contributed by atoms with Crippen molar-refractivity contribution in [1.82, 2.24) is 0 Å². The number of fused-ring (bicyclic) bond motifs is 1. The van der Waals surface area contributed by atoms with Gasteiger partial charge in [-0.05, 0) is 35.7 Å². The van der Waals surface area contributed by atoms with Gasteiger partial charge in [-0.3, -0.25) is 0 Å². The summed E-state index contributed by atoms with van der Waals surface area (Å²) < 4.78 is 13.1. The quantitative estimate of drug-likeness (QED) is 0.691. The molecule has 0 amide bonds. The smallest absolute Gasteiger partial charge is 0.123 e. The highest BCUT2D eigenvalue weighted by atomic mass is 32.2. The molecule has 0 bridgehead atoms. The van der Waals surface area contributed by atoms with Gasteiger partial charge in [0.05, 0.1) is 0 Å². The summed E-state index contributed by atoms with van der Waals surface area (Å²) in [7, 11) is 0. The van der Waals surface area contributed by atoms with E-state index in [9.17, 15) is 4.39 Å². The Hall–Kier alpha value is -0.540. The van der Waals surface area contributed by atoms with Crippen molar-refractivity contribution in [3.05, 3.63) is 34.6 Å². The van der Waals surface area contributed by atoms with Crippen molar-refractivity contribution in [2.24, 2.45) is 5.73 Å². The van der Waals surface area contributed by atoms with Gasteiger partial charge in [0, 0.05) is 17.5 Å². The molecule has 13 heavy (non-hydrogen) atoms. The zero-order chi connectivity index (χ0) is 9.42. The molecule has 1 aliphatic rings. The molecule has 3 heteroatoms. The third kappa shape index (κ3) is 1.58. The SMILES string of the molecule is Cc1cc(F)cc2c1CSC[C@H]2N. The predicted octanol–water partition coefficient (Wildman–Crippen LogP) is 2.38. The summed E-state index contributed by atoms with van der Waals surface area (Å²) in [4.78, 5) is 0. The lowest BCUT2D eigenvalue weighted by molar-refractivity contribution is 0.619. The van der Waals surface area contributed by atoms with Crippen molar-refractivity contribution >= 4 is 11.8 Å². The molecule has 0 unspecified atom stereocenters. The van der Waals surface area contributed by atoms with Crippen molar-refractivity contribution in [3.63, 3.8) is 0 Å². The van der Waals surface area contributed by atoms with Crippen LogP contribution in [0.1, 0.15) is 22.7 Å². The van der Waals surface area contributed by atoms with E-state index in [0.717, 1.165) is 22.6 Å². The largest absolute Gasteiger partial charge is 0.323 e. The van der Waals surface area contributed by atoms with Crippen molar-refractivity contribution < 1.29 is 4.39 Å². The normalized spacial score (nSPS) is 21.3. The monoisotopic (exact) mass is 197 g/mol. The maximum atomic E-state index is 13.1. The van der Waals surface area contributed by atoms with Gasteiger partial charge in [-0.15, -0.1) is 0 Å². The van der Waals surface area contributed by atoms with Gasteiger partial charge in [0.2, 0.25) is 0 Å². The Bertz CT molecular complexity index is 338. The van der Waals surface area contributed by atoms with Gasteiger partial charge in [-0.2, -0.15) is 11.8 Å². The lowest BCUT2D eigenvalue weighted by Crippen LogP contribution is -2.19. The van der Waals surface area contributed by atoms with Crippen molar-refractivity contribution in [2.75, 3.05) is 5.75 Å². The van der Waals surface area contributed by atoms with Crippen LogP contribution in [0.3, 0.4) is 0 Å². The molecule has 1 atom stereocenters. The zero-order valence-corrected chi connectivity index (χ0v) is 8.33. The molecule has 0 saturated carbocycles. The van der Waals surface area contributed by atoms with Crippen molar-refractivity contribution in [1.29, 1.82) is 0 Å². The van der Waals surface area contributed by atoms with Crippen LogP contribution in [0.15, 0.2) is 12.1 Å². The van der Waals surface area contributed by atoms with Gasteiger partial charge in [-0.25, -0.2) is 4.39 Å². The van der Waals surface area contributed by atoms with Gasteiger partial charge < -0.3 is 5.73 Å². The Labute approximate surface area is 81.5 Å². The van der Waals surface area contributed by atoms with Crippen LogP contribution >= 0.6 is 11.8 Å². The molecule has 0 aliphatic carbocycles. The number of thioether (sulfide) groups is 1. The average molecular weight is 197 g/mol. The summed E-state index contributed by atoms with van der Waals surface area (Å²) >= 11 is 1.82. The maximum Gasteiger partial charge on any atom is 0.123 e. The third-order valence-corrected chi connectivity index (χ3v) is 3.50. The lowest BCUT2D eigenvalue weighted by Gasteiger charge is -2.23. The molecule has 0 spiro atoms. The van der Waals surface area contributed by atoms with Gasteiger partial charge >= 0.3 is 0 Å². The Morgan fingerprint density at radius 2 is 2.31 bits per heavy atom. The standard InChI is InChI=1S/C10H12FNS/c1-6-2-7(11)3-8-9(6)4-13-5-10(8)12/h2-3,10H,4-5,12H2,1H3/t10-/m1/s1. The fraction of sp³-hybridized carbons (Fsp3) is 0.400. The summed E-state index contributed by atoms with van der Waals surface area (Å²) in [6, 6.07) is 3.16. The fourth-order valence-electron chi connectivity index (χ4n) is 1.70. The van der Waals surface area contributed by atoms with E-state index in [1.165, 1.54) is 5.56 Å². The van der Waals surface area contributed by atoms with E-state index in [2.05, 4.69) is 0 Å². The summed E-state index contributed by atoms with van der Waals surface area (Å²) in [5.41, 5.74) is 9.15. The molecule has 1 aliphatic heterocycles. The van der Waals surface area contributed by atoms with E-state index in [1.54, 1.807) is 12.1 Å². The summed E-state index contributed by atoms with van der Waals surface area (Å²) in [6.45, 7) is 1.94. The molecular formula is C10H12FNS. The number of benzene rings is 1. The Morgan fingerprint density at radius 3 is 3.08 bits per heavy atom. The van der Waals surface area contributed by atoms with Crippen LogP contribution in [0.4, 0.5) is 4.39 Å². The Balaban J connectivity index is 2.56. The summed E-state index contributed by atoms with van der Waals surface area (Å²) in [5.74, 6) is 1.70. The van der Waals surface area contributed by atoms with E-state index in [1.807, 2.05) is 18.7 Å². The highest BCUT2D eigenvalue weighted by Gasteiger charge is 2.19. The van der Waals surface area contributed by atoms with Crippen molar-refractivity contribution in [2.45, 2.75) is 18.7 Å². The molecule has 2 N–H and O–H groups in total. The maximum absolute atomic E-state index is 13.1. The summed E-state index contributed by atoms with van der Waals surface area (Å²) in [5, 5.41) is 0. The van der Waals surface area contributed by atoms with Crippen molar-refractivity contribution in [3.8, 4) is 0 Å². The molecule has 0 fully saturated rings. The molecule has 0 radical (unpaired) electrons. The Morgan fingerprint density at radius 1 is 1.54 bits per heavy atom. The first-order chi connectivity index (χ1) is 6.18. The minimum atomic E-state index is -0.168. The van der Waals surface area contributed by atoms with E-state index in [4.69, 9.17) is 5.73 Å². The minimum absolute atomic E-state index is 0.00292. The first kappa shape index (κ1) is 9.03. The van der Waals surface area contributed by atoms with Crippen LogP contribution in [0.2, 0.25) is 0 Å². The van der Waals surface area contributed by atoms with Crippen LogP contribution < -0.4 is 5.73 Å². The van der Waals surface area contributed by atoms with Crippen LogP contribution in [-0.4, -0.2) is 5.75 Å². The number of rotatable bonds is 0. The number of hydrogen-bond donors (Lipinski definition) is 1. The minimum Gasteiger partial charge on any atom is -0.323 e. The zero-order valence-electron chi connectivity index (χ0n) is 7.51. The second-order valence-electron chi connectivity index (χ2n) is 3.41. The lowest BCUT2D eigenvalue weighted by atomic mass is 9.98. The van der Waals surface area contributed by atoms with Crippen LogP contribution in [0.25, 0.3) is 0 Å². The summed E-state index contributed by atoms with van der Waals surface area (Å²) in [6.07, 6.45) is 0. The molecule has 2 rings (SSSR count). The van der Waals surface area contributed by atoms with Crippen LogP contribution in [-0.2, 0) is 5.75 Å². The van der Waals surface area contributed by atoms with Gasteiger partial charge in [0.1, 0.15) is 5.82 Å². The molecule has 70 valence electrons. The van der Waals surface area contributed by atoms with Crippen LogP contribution in [0.5, 0.6) is 0 Å². The van der Waals surface area contributed by atoms with E-state index < -0.39 is 0 Å². The molecule has 0 saturated heterocycles. The van der Waals surface area contributed by atoms with Gasteiger partial charge in [0.25, 0.3) is 0 Å². The second kappa shape index (κ2) is 3.31. The van der Waals surface area contributed by atoms with Gasteiger partial charge in [0.15, 0.2) is 0 Å². The third-order valence-electron chi connectivity index (χ3n) is 2.42. The number of halogens is 1. The number of aryl methyl sites for hydroxylation is 1. The highest BCUT2D eigenvalue weighted by Crippen LogP contribution is 2.32. The predicted molar refractivity (Wildman–Crippen MR) is 54.2 cm³/mol. The molecule has 1 aromatic rings. The van der Waals surface area contributed by atoms with Gasteiger partial charge in [-0.1, -0.05) is 0 Å². The van der Waals surface area contributed by atoms with Crippen LogP contribution in [0, 0.1) is 12.7 Å². The first-order valence-corrected chi connectivity index (χ1v) is 5.46. The average Bonchev–Trinajstić information content (AvgIpc) is 2.07. The molecule has 1 nitrogen and oxygen atoms in total.